The molecular weight excluding hydrogens is 262 g/mol. The lowest BCUT2D eigenvalue weighted by Gasteiger charge is -2.12. The molecule has 0 aliphatic carbocycles. The third-order valence-corrected chi connectivity index (χ3v) is 2.76. The van der Waals surface area contributed by atoms with Crippen LogP contribution in [-0.2, 0) is 0 Å². The summed E-state index contributed by atoms with van der Waals surface area (Å²) in [6.45, 7) is 3.67. The molecule has 2 aromatic carbocycles. The van der Waals surface area contributed by atoms with Crippen LogP contribution in [0.25, 0.3) is 11.1 Å². The monoisotopic (exact) mass is 276 g/mol. The lowest BCUT2D eigenvalue weighted by Crippen LogP contribution is -1.98. The van der Waals surface area contributed by atoms with E-state index in [4.69, 9.17) is 9.47 Å². The molecule has 0 radical (unpaired) electrons. The van der Waals surface area contributed by atoms with Gasteiger partial charge >= 0.3 is 0 Å². The summed E-state index contributed by atoms with van der Waals surface area (Å²) in [4.78, 5) is 0. The molecule has 0 heterocycles. The van der Waals surface area contributed by atoms with Crippen LogP contribution in [-0.4, -0.2) is 13.7 Å². The van der Waals surface area contributed by atoms with Gasteiger partial charge in [-0.3, -0.25) is 0 Å². The third kappa shape index (κ3) is 2.79. The molecule has 4 heteroatoms. The largest absolute Gasteiger partial charge is 0.496 e. The molecule has 0 N–H and O–H groups in total. The van der Waals surface area contributed by atoms with E-state index in [1.54, 1.807) is 24.3 Å². The first-order chi connectivity index (χ1) is 9.67. The van der Waals surface area contributed by atoms with Gasteiger partial charge in [-0.2, -0.15) is 0 Å². The second kappa shape index (κ2) is 6.19. The number of hydrogen-bond donors (Lipinski definition) is 0. The molecule has 0 atom stereocenters. The van der Waals surface area contributed by atoms with Gasteiger partial charge in [-0.05, 0) is 6.07 Å². The maximum atomic E-state index is 14.1. The fourth-order valence-electron chi connectivity index (χ4n) is 1.90. The zero-order chi connectivity index (χ0) is 14.5. The fraction of sp³-hybridized carbons (Fsp3) is 0.125. The van der Waals surface area contributed by atoms with Crippen LogP contribution in [0, 0.1) is 11.6 Å². The summed E-state index contributed by atoms with van der Waals surface area (Å²) in [6.07, 6.45) is 1.50. The van der Waals surface area contributed by atoms with E-state index in [0.29, 0.717) is 11.3 Å². The Kier molecular flexibility index (Phi) is 4.35. The van der Waals surface area contributed by atoms with Gasteiger partial charge in [0.25, 0.3) is 0 Å². The van der Waals surface area contributed by atoms with Gasteiger partial charge in [0.2, 0.25) is 0 Å². The summed E-state index contributed by atoms with van der Waals surface area (Å²) >= 11 is 0. The highest BCUT2D eigenvalue weighted by Gasteiger charge is 2.17. The van der Waals surface area contributed by atoms with Crippen molar-refractivity contribution in [1.82, 2.24) is 0 Å². The normalized spacial score (nSPS) is 10.2. The van der Waals surface area contributed by atoms with E-state index in [1.807, 2.05) is 0 Å². The molecule has 0 aliphatic heterocycles. The number of para-hydroxylation sites is 1. The van der Waals surface area contributed by atoms with Crippen molar-refractivity contribution in [2.75, 3.05) is 13.7 Å². The summed E-state index contributed by atoms with van der Waals surface area (Å²) < 4.78 is 38.5. The van der Waals surface area contributed by atoms with Crippen molar-refractivity contribution >= 4 is 0 Å². The number of benzene rings is 2. The Morgan fingerprint density at radius 1 is 1.15 bits per heavy atom. The Hall–Kier alpha value is -2.36. The van der Waals surface area contributed by atoms with Crippen molar-refractivity contribution in [2.24, 2.45) is 0 Å². The van der Waals surface area contributed by atoms with Crippen molar-refractivity contribution in [3.05, 3.63) is 60.7 Å². The molecule has 0 aliphatic rings. The van der Waals surface area contributed by atoms with Crippen molar-refractivity contribution in [3.63, 3.8) is 0 Å². The molecular formula is C16H14F2O2. The van der Waals surface area contributed by atoms with Gasteiger partial charge in [-0.1, -0.05) is 30.9 Å². The first-order valence-electron chi connectivity index (χ1n) is 6.03. The number of halogens is 2. The van der Waals surface area contributed by atoms with Crippen LogP contribution in [0.3, 0.4) is 0 Å². The highest BCUT2D eigenvalue weighted by molar-refractivity contribution is 5.72. The summed E-state index contributed by atoms with van der Waals surface area (Å²) in [5.74, 6) is -0.870. The molecule has 2 nitrogen and oxygen atoms in total. The Balaban J connectivity index is 2.49. The van der Waals surface area contributed by atoms with Crippen LogP contribution in [0.15, 0.2) is 49.1 Å². The van der Waals surface area contributed by atoms with Crippen molar-refractivity contribution < 1.29 is 18.3 Å². The van der Waals surface area contributed by atoms with Crippen molar-refractivity contribution in [3.8, 4) is 22.6 Å². The molecule has 0 bridgehead atoms. The molecule has 2 aromatic rings. The molecule has 0 unspecified atom stereocenters. The van der Waals surface area contributed by atoms with Gasteiger partial charge in [-0.15, -0.1) is 0 Å². The minimum absolute atomic E-state index is 0.124. The van der Waals surface area contributed by atoms with E-state index in [1.165, 1.54) is 13.2 Å². The summed E-state index contributed by atoms with van der Waals surface area (Å²) in [7, 11) is 1.45. The molecule has 2 rings (SSSR count). The molecule has 0 fully saturated rings. The minimum Gasteiger partial charge on any atom is -0.496 e. The number of methoxy groups -OCH3 is 1. The van der Waals surface area contributed by atoms with Crippen LogP contribution in [0.1, 0.15) is 0 Å². The minimum atomic E-state index is -0.700. The molecule has 0 amide bonds. The van der Waals surface area contributed by atoms with Gasteiger partial charge in [0.1, 0.15) is 29.7 Å². The van der Waals surface area contributed by atoms with Gasteiger partial charge in [-0.25, -0.2) is 8.78 Å². The maximum Gasteiger partial charge on any atom is 0.137 e. The molecule has 0 saturated heterocycles. The zero-order valence-electron chi connectivity index (χ0n) is 11.0. The smallest absolute Gasteiger partial charge is 0.137 e. The van der Waals surface area contributed by atoms with Crippen LogP contribution in [0.4, 0.5) is 8.78 Å². The van der Waals surface area contributed by atoms with Crippen LogP contribution in [0.2, 0.25) is 0 Å². The highest BCUT2D eigenvalue weighted by Crippen LogP contribution is 2.35. The standard InChI is InChI=1S/C16H14F2O2/c1-3-8-20-11-9-13(17)16(14(18)10-11)12-6-4-5-7-15(12)19-2/h3-7,9-10H,1,8H2,2H3. The van der Waals surface area contributed by atoms with Crippen molar-refractivity contribution in [2.45, 2.75) is 0 Å². The van der Waals surface area contributed by atoms with Crippen LogP contribution in [0.5, 0.6) is 11.5 Å². The topological polar surface area (TPSA) is 18.5 Å². The molecule has 0 saturated carbocycles. The van der Waals surface area contributed by atoms with Gasteiger partial charge in [0.05, 0.1) is 12.7 Å². The second-order valence-electron chi connectivity index (χ2n) is 4.06. The van der Waals surface area contributed by atoms with Gasteiger partial charge in [0, 0.05) is 17.7 Å². The maximum absolute atomic E-state index is 14.1. The highest BCUT2D eigenvalue weighted by atomic mass is 19.1. The van der Waals surface area contributed by atoms with E-state index < -0.39 is 11.6 Å². The first-order valence-corrected chi connectivity index (χ1v) is 6.03. The lowest BCUT2D eigenvalue weighted by atomic mass is 10.0. The number of hydrogen-bond acceptors (Lipinski definition) is 2. The van der Waals surface area contributed by atoms with Gasteiger partial charge in [0.15, 0.2) is 0 Å². The Morgan fingerprint density at radius 2 is 1.80 bits per heavy atom. The number of rotatable bonds is 5. The van der Waals surface area contributed by atoms with E-state index in [-0.39, 0.29) is 17.9 Å². The van der Waals surface area contributed by atoms with Gasteiger partial charge < -0.3 is 9.47 Å². The summed E-state index contributed by atoms with van der Waals surface area (Å²) in [6, 6.07) is 8.97. The van der Waals surface area contributed by atoms with Crippen LogP contribution < -0.4 is 9.47 Å². The average molecular weight is 276 g/mol. The van der Waals surface area contributed by atoms with E-state index in [9.17, 15) is 8.78 Å². The predicted molar refractivity (Wildman–Crippen MR) is 74.0 cm³/mol. The van der Waals surface area contributed by atoms with Crippen molar-refractivity contribution in [1.29, 1.82) is 0 Å². The molecule has 0 spiro atoms. The molecule has 20 heavy (non-hydrogen) atoms. The Bertz CT molecular complexity index is 601. The number of ether oxygens (including phenoxy) is 2. The van der Waals surface area contributed by atoms with E-state index >= 15 is 0 Å². The van der Waals surface area contributed by atoms with E-state index in [0.717, 1.165) is 12.1 Å². The predicted octanol–water partition coefficient (Wildman–Crippen LogP) is 4.21. The Morgan fingerprint density at radius 3 is 2.40 bits per heavy atom. The third-order valence-electron chi connectivity index (χ3n) is 2.76. The summed E-state index contributed by atoms with van der Waals surface area (Å²) in [5, 5.41) is 0. The second-order valence-corrected chi connectivity index (χ2v) is 4.06. The summed E-state index contributed by atoms with van der Waals surface area (Å²) in [5.41, 5.74) is 0.230. The lowest BCUT2D eigenvalue weighted by molar-refractivity contribution is 0.358. The quantitative estimate of drug-likeness (QED) is 0.762. The molecule has 0 aromatic heterocycles. The van der Waals surface area contributed by atoms with Crippen LogP contribution >= 0.6 is 0 Å². The fourth-order valence-corrected chi connectivity index (χ4v) is 1.90. The zero-order valence-corrected chi connectivity index (χ0v) is 11.0. The van der Waals surface area contributed by atoms with E-state index in [2.05, 4.69) is 6.58 Å². The molecule has 104 valence electrons. The first kappa shape index (κ1) is 14.1. The SMILES string of the molecule is C=CCOc1cc(F)c(-c2ccccc2OC)c(F)c1. The Labute approximate surface area is 116 Å². The average Bonchev–Trinajstić information content (AvgIpc) is 2.45.